The van der Waals surface area contributed by atoms with Crippen LogP contribution in [0.15, 0.2) is 11.0 Å². The zero-order valence-corrected chi connectivity index (χ0v) is 10.9. The molecule has 7 heteroatoms. The third kappa shape index (κ3) is 5.81. The van der Waals surface area contributed by atoms with Gasteiger partial charge in [0, 0.05) is 6.08 Å². The van der Waals surface area contributed by atoms with Crippen LogP contribution in [0.5, 0.6) is 0 Å². The Hall–Kier alpha value is -0.530. The number of ether oxygens (including phenoxy) is 2. The molecule has 84 valence electrons. The van der Waals surface area contributed by atoms with Gasteiger partial charge in [0.2, 0.25) is 0 Å². The van der Waals surface area contributed by atoms with Crippen LogP contribution < -0.4 is 0 Å². The smallest absolute Gasteiger partial charge is 0.345 e. The monoisotopic (exact) mass is 266 g/mol. The molecule has 0 amide bonds. The van der Waals surface area contributed by atoms with Crippen molar-refractivity contribution in [3.05, 3.63) is 11.0 Å². The molecule has 0 aromatic carbocycles. The Morgan fingerprint density at radius 1 is 1.27 bits per heavy atom. The number of thiocarbonyl (C=S) groups is 1. The lowest BCUT2D eigenvalue weighted by atomic mass is 10.5. The van der Waals surface area contributed by atoms with Gasteiger partial charge >= 0.3 is 11.9 Å². The predicted molar refractivity (Wildman–Crippen MR) is 65.8 cm³/mol. The lowest BCUT2D eigenvalue weighted by Gasteiger charge is -2.03. The Bertz CT molecular complexity index is 298. The lowest BCUT2D eigenvalue weighted by molar-refractivity contribution is -0.137. The molecular weight excluding hydrogens is 256 g/mol. The quantitative estimate of drug-likeness (QED) is 0.437. The fourth-order valence-corrected chi connectivity index (χ4v) is 1.90. The Balaban J connectivity index is 4.73. The number of hydrogen-bond donors (Lipinski definition) is 0. The number of methoxy groups -OCH3 is 2. The molecule has 0 heterocycles. The van der Waals surface area contributed by atoms with Crippen LogP contribution in [0.2, 0.25) is 0 Å². The molecule has 0 atom stereocenters. The van der Waals surface area contributed by atoms with Gasteiger partial charge in [-0.25, -0.2) is 9.59 Å². The SMILES string of the molecule is COC(=O)/C=C(/SC(=S)SC)C(=O)OC. The third-order valence-electron chi connectivity index (χ3n) is 1.20. The summed E-state index contributed by atoms with van der Waals surface area (Å²) in [4.78, 5) is 22.3. The Kier molecular flexibility index (Phi) is 7.45. The van der Waals surface area contributed by atoms with Gasteiger partial charge < -0.3 is 9.47 Å². The van der Waals surface area contributed by atoms with Gasteiger partial charge in [0.05, 0.1) is 14.2 Å². The molecule has 0 aliphatic carbocycles. The molecule has 0 saturated carbocycles. The van der Waals surface area contributed by atoms with Gasteiger partial charge in [-0.3, -0.25) is 0 Å². The highest BCUT2D eigenvalue weighted by Gasteiger charge is 2.15. The first kappa shape index (κ1) is 14.5. The Labute approximate surface area is 102 Å². The second-order valence-electron chi connectivity index (χ2n) is 2.08. The van der Waals surface area contributed by atoms with Crippen LogP contribution >= 0.6 is 35.7 Å². The van der Waals surface area contributed by atoms with Crippen LogP contribution in [-0.2, 0) is 19.1 Å². The molecule has 0 aromatic heterocycles. The maximum atomic E-state index is 11.2. The molecule has 0 unspecified atom stereocenters. The van der Waals surface area contributed by atoms with Crippen molar-refractivity contribution in [2.45, 2.75) is 0 Å². The summed E-state index contributed by atoms with van der Waals surface area (Å²) in [7, 11) is 2.46. The van der Waals surface area contributed by atoms with Gasteiger partial charge in [0.15, 0.2) is 0 Å². The second-order valence-corrected chi connectivity index (χ2v) is 5.13. The molecule has 0 bridgehead atoms. The average Bonchev–Trinajstić information content (AvgIpc) is 2.26. The van der Waals surface area contributed by atoms with E-state index in [9.17, 15) is 9.59 Å². The van der Waals surface area contributed by atoms with E-state index >= 15 is 0 Å². The highest BCUT2D eigenvalue weighted by atomic mass is 32.2. The van der Waals surface area contributed by atoms with Crippen LogP contribution in [0.4, 0.5) is 0 Å². The van der Waals surface area contributed by atoms with Gasteiger partial charge in [-0.05, 0) is 6.26 Å². The van der Waals surface area contributed by atoms with Crippen molar-refractivity contribution in [2.24, 2.45) is 0 Å². The van der Waals surface area contributed by atoms with E-state index in [1.165, 1.54) is 26.0 Å². The van der Waals surface area contributed by atoms with Gasteiger partial charge in [-0.1, -0.05) is 24.0 Å². The van der Waals surface area contributed by atoms with Crippen molar-refractivity contribution in [1.29, 1.82) is 0 Å². The van der Waals surface area contributed by atoms with Gasteiger partial charge in [0.25, 0.3) is 0 Å². The summed E-state index contributed by atoms with van der Waals surface area (Å²) in [5.41, 5.74) is 0. The van der Waals surface area contributed by atoms with Crippen molar-refractivity contribution >= 4 is 51.2 Å². The first-order valence-electron chi connectivity index (χ1n) is 3.69. The minimum absolute atomic E-state index is 0.115. The Morgan fingerprint density at radius 2 is 1.87 bits per heavy atom. The number of rotatable bonds is 3. The number of carbonyl (C=O) groups is 2. The molecule has 0 rings (SSSR count). The molecule has 0 spiro atoms. The summed E-state index contributed by atoms with van der Waals surface area (Å²) in [5.74, 6) is -1.23. The maximum absolute atomic E-state index is 11.2. The molecule has 15 heavy (non-hydrogen) atoms. The molecule has 4 nitrogen and oxygen atoms in total. The van der Waals surface area contributed by atoms with E-state index in [-0.39, 0.29) is 4.91 Å². The molecule has 0 saturated heterocycles. The summed E-state index contributed by atoms with van der Waals surface area (Å²) < 4.78 is 9.43. The van der Waals surface area contributed by atoms with E-state index in [0.717, 1.165) is 17.8 Å². The van der Waals surface area contributed by atoms with Crippen molar-refractivity contribution in [1.82, 2.24) is 0 Å². The first-order chi connectivity index (χ1) is 7.04. The second kappa shape index (κ2) is 7.72. The van der Waals surface area contributed by atoms with E-state index in [0.29, 0.717) is 3.53 Å². The topological polar surface area (TPSA) is 52.6 Å². The van der Waals surface area contributed by atoms with E-state index in [1.807, 2.05) is 0 Å². The van der Waals surface area contributed by atoms with Crippen LogP contribution in [0.3, 0.4) is 0 Å². The molecule has 0 aliphatic rings. The zero-order valence-electron chi connectivity index (χ0n) is 8.44. The highest BCUT2D eigenvalue weighted by Crippen LogP contribution is 2.24. The van der Waals surface area contributed by atoms with E-state index < -0.39 is 11.9 Å². The number of thioether (sulfide) groups is 2. The van der Waals surface area contributed by atoms with Crippen LogP contribution in [0.1, 0.15) is 0 Å². The third-order valence-corrected chi connectivity index (χ3v) is 3.70. The van der Waals surface area contributed by atoms with Gasteiger partial charge in [-0.2, -0.15) is 0 Å². The van der Waals surface area contributed by atoms with E-state index in [4.69, 9.17) is 12.2 Å². The number of esters is 2. The van der Waals surface area contributed by atoms with Crippen molar-refractivity contribution in [3.8, 4) is 0 Å². The molecule has 0 aliphatic heterocycles. The minimum atomic E-state index is -0.619. The van der Waals surface area contributed by atoms with Crippen molar-refractivity contribution in [2.75, 3.05) is 20.5 Å². The summed E-state index contributed by atoms with van der Waals surface area (Å²) in [6.07, 6.45) is 2.83. The maximum Gasteiger partial charge on any atom is 0.345 e. The van der Waals surface area contributed by atoms with Crippen molar-refractivity contribution < 1.29 is 19.1 Å². The van der Waals surface area contributed by atoms with Crippen LogP contribution in [0, 0.1) is 0 Å². The molecule has 0 N–H and O–H groups in total. The summed E-state index contributed by atoms with van der Waals surface area (Å²) in [6, 6.07) is 0. The predicted octanol–water partition coefficient (Wildman–Crippen LogP) is 1.60. The molecule has 0 fully saturated rings. The van der Waals surface area contributed by atoms with Crippen LogP contribution in [0.25, 0.3) is 0 Å². The normalized spacial score (nSPS) is 10.7. The van der Waals surface area contributed by atoms with Crippen LogP contribution in [-0.4, -0.2) is 35.9 Å². The molecule has 0 radical (unpaired) electrons. The minimum Gasteiger partial charge on any atom is -0.466 e. The fraction of sp³-hybridized carbons (Fsp3) is 0.375. The summed E-state index contributed by atoms with van der Waals surface area (Å²) in [5, 5.41) is 0. The number of carbonyl (C=O) groups excluding carboxylic acids is 2. The zero-order chi connectivity index (χ0) is 11.8. The summed E-state index contributed by atoms with van der Waals surface area (Å²) >= 11 is 7.22. The largest absolute Gasteiger partial charge is 0.466 e. The van der Waals surface area contributed by atoms with E-state index in [1.54, 1.807) is 6.26 Å². The first-order valence-corrected chi connectivity index (χ1v) is 6.13. The molecular formula is C8H10O4S3. The lowest BCUT2D eigenvalue weighted by Crippen LogP contribution is -2.06. The van der Waals surface area contributed by atoms with Gasteiger partial charge in [-0.15, -0.1) is 11.8 Å². The highest BCUT2D eigenvalue weighted by molar-refractivity contribution is 8.48. The summed E-state index contributed by atoms with van der Waals surface area (Å²) in [6.45, 7) is 0. The standard InChI is InChI=1S/C8H10O4S3/c1-11-6(9)4-5(7(10)12-2)15-8(13)14-3/h4H,1-3H3/b5-4+. The Morgan fingerprint density at radius 3 is 2.27 bits per heavy atom. The van der Waals surface area contributed by atoms with Gasteiger partial charge in [0.1, 0.15) is 8.43 Å². The number of hydrogen-bond acceptors (Lipinski definition) is 7. The van der Waals surface area contributed by atoms with E-state index in [2.05, 4.69) is 9.47 Å². The van der Waals surface area contributed by atoms with Crippen molar-refractivity contribution in [3.63, 3.8) is 0 Å². The average molecular weight is 266 g/mol. The fourth-order valence-electron chi connectivity index (χ4n) is 0.528. The molecule has 0 aromatic rings.